The average molecular weight is 318 g/mol. The lowest BCUT2D eigenvalue weighted by Gasteiger charge is -2.57. The smallest absolute Gasteiger partial charge is 0.161 e. The van der Waals surface area contributed by atoms with Gasteiger partial charge in [-0.05, 0) is 74.3 Å². The van der Waals surface area contributed by atoms with Crippen LogP contribution in [0.4, 0.5) is 0 Å². The summed E-state index contributed by atoms with van der Waals surface area (Å²) in [5.74, 6) is 1.02. The van der Waals surface area contributed by atoms with Crippen molar-refractivity contribution in [3.05, 3.63) is 24.2 Å². The van der Waals surface area contributed by atoms with Gasteiger partial charge in [0.05, 0.1) is 18.1 Å². The Hall–Kier alpha value is -0.800. The van der Waals surface area contributed by atoms with Gasteiger partial charge in [-0.2, -0.15) is 0 Å². The molecular weight excluding hydrogens is 288 g/mol. The summed E-state index contributed by atoms with van der Waals surface area (Å²) in [7, 11) is 0. The summed E-state index contributed by atoms with van der Waals surface area (Å²) < 4.78 is 11.5. The van der Waals surface area contributed by atoms with Gasteiger partial charge in [-0.15, -0.1) is 0 Å². The molecule has 5 atom stereocenters. The molecule has 3 nitrogen and oxygen atoms in total. The number of rotatable bonds is 3. The quantitative estimate of drug-likeness (QED) is 0.889. The fraction of sp³-hybridized carbons (Fsp3) is 0.800. The summed E-state index contributed by atoms with van der Waals surface area (Å²) in [5, 5.41) is 11.0. The molecule has 1 aromatic heterocycles. The molecule has 2 aliphatic carbocycles. The third kappa shape index (κ3) is 2.16. The summed E-state index contributed by atoms with van der Waals surface area (Å²) in [6, 6.07) is 2.06. The van der Waals surface area contributed by atoms with E-state index in [0.29, 0.717) is 17.3 Å². The Morgan fingerprint density at radius 2 is 2.04 bits per heavy atom. The van der Waals surface area contributed by atoms with Crippen molar-refractivity contribution in [3.8, 4) is 0 Å². The van der Waals surface area contributed by atoms with Crippen LogP contribution >= 0.6 is 0 Å². The van der Waals surface area contributed by atoms with Crippen LogP contribution in [0.1, 0.15) is 64.9 Å². The van der Waals surface area contributed by atoms with Gasteiger partial charge in [-0.1, -0.05) is 20.3 Å². The lowest BCUT2D eigenvalue weighted by molar-refractivity contribution is -0.177. The van der Waals surface area contributed by atoms with Crippen LogP contribution in [0.3, 0.4) is 0 Å². The summed E-state index contributed by atoms with van der Waals surface area (Å²) in [5.41, 5.74) is 1.37. The summed E-state index contributed by atoms with van der Waals surface area (Å²) in [6.07, 6.45) is 11.0. The highest BCUT2D eigenvalue weighted by Gasteiger charge is 2.69. The number of aliphatic hydroxyl groups is 1. The fourth-order valence-electron chi connectivity index (χ4n) is 6.47. The summed E-state index contributed by atoms with van der Waals surface area (Å²) >= 11 is 0. The predicted molar refractivity (Wildman–Crippen MR) is 88.8 cm³/mol. The van der Waals surface area contributed by atoms with E-state index in [1.54, 1.807) is 6.26 Å². The van der Waals surface area contributed by atoms with Gasteiger partial charge in [0.2, 0.25) is 0 Å². The molecule has 1 aromatic rings. The molecule has 1 saturated heterocycles. The molecular formula is C20H30O3. The summed E-state index contributed by atoms with van der Waals surface area (Å²) in [4.78, 5) is 0. The SMILES string of the molecule is CC1(C)CCC[C@]23[C@@H](CCc4ccoc4)[C@](C)(CC[C@@H]12)O[C@@H]3O. The lowest BCUT2D eigenvalue weighted by Crippen LogP contribution is -2.56. The molecule has 2 bridgehead atoms. The van der Waals surface area contributed by atoms with Gasteiger partial charge in [-0.3, -0.25) is 0 Å². The Labute approximate surface area is 139 Å². The molecule has 0 unspecified atom stereocenters. The van der Waals surface area contributed by atoms with Gasteiger partial charge >= 0.3 is 0 Å². The minimum atomic E-state index is -0.589. The first-order chi connectivity index (χ1) is 10.9. The second-order valence-corrected chi connectivity index (χ2v) is 9.05. The van der Waals surface area contributed by atoms with Gasteiger partial charge in [0.25, 0.3) is 0 Å². The van der Waals surface area contributed by atoms with Crippen LogP contribution in [0.25, 0.3) is 0 Å². The van der Waals surface area contributed by atoms with Crippen molar-refractivity contribution in [2.24, 2.45) is 22.7 Å². The minimum Gasteiger partial charge on any atom is -0.472 e. The zero-order chi connectivity index (χ0) is 16.3. The number of aryl methyl sites for hydroxylation is 1. The van der Waals surface area contributed by atoms with Crippen LogP contribution in [-0.2, 0) is 11.2 Å². The van der Waals surface area contributed by atoms with E-state index >= 15 is 0 Å². The van der Waals surface area contributed by atoms with Gasteiger partial charge in [0, 0.05) is 5.41 Å². The first-order valence-corrected chi connectivity index (χ1v) is 9.25. The molecule has 2 heterocycles. The molecule has 1 spiro atoms. The Kier molecular flexibility index (Phi) is 3.48. The molecule has 1 aliphatic heterocycles. The van der Waals surface area contributed by atoms with E-state index in [2.05, 4.69) is 26.8 Å². The van der Waals surface area contributed by atoms with E-state index in [-0.39, 0.29) is 11.0 Å². The van der Waals surface area contributed by atoms with Crippen molar-refractivity contribution in [1.82, 2.24) is 0 Å². The highest BCUT2D eigenvalue weighted by molar-refractivity contribution is 5.16. The average Bonchev–Trinajstić information content (AvgIpc) is 3.01. The zero-order valence-electron chi connectivity index (χ0n) is 14.7. The van der Waals surface area contributed by atoms with Crippen LogP contribution in [0.15, 0.2) is 23.0 Å². The molecule has 3 aliphatic rings. The lowest BCUT2D eigenvalue weighted by atomic mass is 9.45. The highest BCUT2D eigenvalue weighted by atomic mass is 16.6. The monoisotopic (exact) mass is 318 g/mol. The van der Waals surface area contributed by atoms with Crippen LogP contribution in [0.5, 0.6) is 0 Å². The largest absolute Gasteiger partial charge is 0.472 e. The molecule has 0 amide bonds. The topological polar surface area (TPSA) is 42.6 Å². The van der Waals surface area contributed by atoms with Gasteiger partial charge < -0.3 is 14.3 Å². The van der Waals surface area contributed by atoms with E-state index in [9.17, 15) is 5.11 Å². The zero-order valence-corrected chi connectivity index (χ0v) is 14.7. The number of hydrogen-bond donors (Lipinski definition) is 1. The second-order valence-electron chi connectivity index (χ2n) is 9.05. The first kappa shape index (κ1) is 15.7. The third-order valence-electron chi connectivity index (χ3n) is 7.48. The Balaban J connectivity index is 1.68. The molecule has 2 saturated carbocycles. The van der Waals surface area contributed by atoms with Crippen molar-refractivity contribution in [2.45, 2.75) is 77.6 Å². The second kappa shape index (κ2) is 5.10. The maximum absolute atomic E-state index is 11.0. The third-order valence-corrected chi connectivity index (χ3v) is 7.48. The number of furan rings is 1. The predicted octanol–water partition coefficient (Wildman–Crippen LogP) is 4.54. The summed E-state index contributed by atoms with van der Waals surface area (Å²) in [6.45, 7) is 7.04. The van der Waals surface area contributed by atoms with E-state index < -0.39 is 6.29 Å². The maximum atomic E-state index is 11.0. The number of fused-ring (bicyclic) bond motifs is 1. The first-order valence-electron chi connectivity index (χ1n) is 9.25. The molecule has 3 heteroatoms. The molecule has 1 N–H and O–H groups in total. The van der Waals surface area contributed by atoms with Crippen molar-refractivity contribution in [3.63, 3.8) is 0 Å². The fourth-order valence-corrected chi connectivity index (χ4v) is 6.47. The van der Waals surface area contributed by atoms with Crippen molar-refractivity contribution < 1.29 is 14.3 Å². The van der Waals surface area contributed by atoms with Gasteiger partial charge in [0.15, 0.2) is 6.29 Å². The molecule has 4 rings (SSSR count). The van der Waals surface area contributed by atoms with Crippen molar-refractivity contribution >= 4 is 0 Å². The molecule has 23 heavy (non-hydrogen) atoms. The van der Waals surface area contributed by atoms with Gasteiger partial charge in [-0.25, -0.2) is 0 Å². The van der Waals surface area contributed by atoms with E-state index in [4.69, 9.17) is 9.15 Å². The Morgan fingerprint density at radius 3 is 2.78 bits per heavy atom. The van der Waals surface area contributed by atoms with E-state index in [1.807, 2.05) is 6.26 Å². The standard InChI is InChI=1S/C20H30O3/c1-18(2)9-4-10-20-15(18)7-11-19(3,23-17(20)21)16(20)6-5-14-8-12-22-13-14/h8,12-13,15-17,21H,4-7,9-11H2,1-3H3/t15-,16-,17-,19-,20+/m0/s1. The molecule has 128 valence electrons. The van der Waals surface area contributed by atoms with Crippen molar-refractivity contribution in [1.29, 1.82) is 0 Å². The highest BCUT2D eigenvalue weighted by Crippen LogP contribution is 2.69. The molecule has 3 fully saturated rings. The normalized spacial score (nSPS) is 45.0. The Morgan fingerprint density at radius 1 is 1.22 bits per heavy atom. The van der Waals surface area contributed by atoms with Crippen LogP contribution in [-0.4, -0.2) is 17.0 Å². The maximum Gasteiger partial charge on any atom is 0.161 e. The van der Waals surface area contributed by atoms with E-state index in [0.717, 1.165) is 25.7 Å². The number of aliphatic hydroxyl groups excluding tert-OH is 1. The number of ether oxygens (including phenoxy) is 1. The number of hydrogen-bond acceptors (Lipinski definition) is 3. The van der Waals surface area contributed by atoms with Crippen LogP contribution < -0.4 is 0 Å². The Bertz CT molecular complexity index is 563. The van der Waals surface area contributed by atoms with Crippen LogP contribution in [0, 0.1) is 22.7 Å². The van der Waals surface area contributed by atoms with E-state index in [1.165, 1.54) is 24.8 Å². The minimum absolute atomic E-state index is 0.0432. The molecule has 0 radical (unpaired) electrons. The van der Waals surface area contributed by atoms with Crippen molar-refractivity contribution in [2.75, 3.05) is 0 Å². The van der Waals surface area contributed by atoms with Crippen LogP contribution in [0.2, 0.25) is 0 Å². The molecule has 0 aromatic carbocycles. The van der Waals surface area contributed by atoms with Gasteiger partial charge in [0.1, 0.15) is 0 Å².